The van der Waals surface area contributed by atoms with E-state index in [2.05, 4.69) is 5.10 Å². The van der Waals surface area contributed by atoms with Gasteiger partial charge in [-0.2, -0.15) is 5.10 Å². The number of amides is 1. The highest BCUT2D eigenvalue weighted by Gasteiger charge is 2.31. The number of benzene rings is 2. The van der Waals surface area contributed by atoms with Gasteiger partial charge in [0, 0.05) is 31.8 Å². The van der Waals surface area contributed by atoms with Gasteiger partial charge >= 0.3 is 0 Å². The third kappa shape index (κ3) is 3.13. The Hall–Kier alpha value is -3.08. The fourth-order valence-corrected chi connectivity index (χ4v) is 3.08. The fraction of sp³-hybridized carbons (Fsp3) is 0.200. The first-order chi connectivity index (χ1) is 12.2. The molecule has 5 nitrogen and oxygen atoms in total. The van der Waals surface area contributed by atoms with Crippen LogP contribution in [0.2, 0.25) is 0 Å². The number of likely N-dealkylation sites (N-methyl/N-ethyl adjacent to an activating group) is 1. The molecule has 1 aliphatic rings. The number of nitrogens with zero attached hydrogens (tertiary/aromatic N) is 3. The number of carbonyl (C=O) groups excluding carboxylic acids is 1. The lowest BCUT2D eigenvalue weighted by Gasteiger charge is -2.20. The van der Waals surface area contributed by atoms with Crippen molar-refractivity contribution in [3.63, 3.8) is 0 Å². The van der Waals surface area contributed by atoms with E-state index in [0.29, 0.717) is 13.0 Å². The molecule has 0 radical (unpaired) electrons. The lowest BCUT2D eigenvalue weighted by molar-refractivity contribution is -0.137. The summed E-state index contributed by atoms with van der Waals surface area (Å²) in [4.78, 5) is 14.4. The first kappa shape index (κ1) is 15.4. The zero-order chi connectivity index (χ0) is 17.2. The first-order valence-corrected chi connectivity index (χ1v) is 8.29. The lowest BCUT2D eigenvalue weighted by atomic mass is 10.1. The Morgan fingerprint density at radius 3 is 2.76 bits per heavy atom. The summed E-state index contributed by atoms with van der Waals surface area (Å²) in [6, 6.07) is 17.7. The van der Waals surface area contributed by atoms with Gasteiger partial charge in [0.25, 0.3) is 5.91 Å². The second-order valence-corrected chi connectivity index (χ2v) is 6.24. The molecule has 126 valence electrons. The Morgan fingerprint density at radius 1 is 1.20 bits per heavy atom. The van der Waals surface area contributed by atoms with Gasteiger partial charge in [-0.05, 0) is 23.8 Å². The largest absolute Gasteiger partial charge is 0.480 e. The van der Waals surface area contributed by atoms with Crippen molar-refractivity contribution in [2.75, 3.05) is 7.05 Å². The zero-order valence-electron chi connectivity index (χ0n) is 14.0. The third-order valence-electron chi connectivity index (χ3n) is 4.38. The maximum atomic E-state index is 12.7. The normalized spacial score (nSPS) is 15.5. The standard InChI is InChI=1S/C20H19N3O2/c1-22(20(24)19-11-16-7-5-6-10-18(16)25-19)13-15-12-21-23(14-15)17-8-3-2-4-9-17/h2-10,12,14,19H,11,13H2,1H3/t19-/m0/s1. The summed E-state index contributed by atoms with van der Waals surface area (Å²) < 4.78 is 7.61. The average molecular weight is 333 g/mol. The van der Waals surface area contributed by atoms with Crippen LogP contribution in [0.1, 0.15) is 11.1 Å². The van der Waals surface area contributed by atoms with Crippen LogP contribution in [0.15, 0.2) is 67.0 Å². The molecular formula is C20H19N3O2. The Bertz CT molecular complexity index is 864. The van der Waals surface area contributed by atoms with Gasteiger partial charge in [-0.1, -0.05) is 36.4 Å². The summed E-state index contributed by atoms with van der Waals surface area (Å²) in [5, 5.41) is 4.38. The molecule has 0 saturated carbocycles. The molecule has 4 rings (SSSR count). The highest BCUT2D eigenvalue weighted by atomic mass is 16.5. The van der Waals surface area contributed by atoms with Gasteiger partial charge in [0.2, 0.25) is 0 Å². The molecule has 1 aromatic heterocycles. The number of hydrogen-bond acceptors (Lipinski definition) is 3. The average Bonchev–Trinajstić information content (AvgIpc) is 3.28. The van der Waals surface area contributed by atoms with E-state index in [4.69, 9.17) is 4.74 Å². The van der Waals surface area contributed by atoms with Crippen LogP contribution < -0.4 is 4.74 Å². The second-order valence-electron chi connectivity index (χ2n) is 6.24. The number of rotatable bonds is 4. The molecular weight excluding hydrogens is 314 g/mol. The van der Waals surface area contributed by atoms with Crippen molar-refractivity contribution < 1.29 is 9.53 Å². The smallest absolute Gasteiger partial charge is 0.264 e. The van der Waals surface area contributed by atoms with E-state index in [1.54, 1.807) is 18.1 Å². The maximum absolute atomic E-state index is 12.7. The van der Waals surface area contributed by atoms with Crippen molar-refractivity contribution in [1.29, 1.82) is 0 Å². The summed E-state index contributed by atoms with van der Waals surface area (Å²) in [7, 11) is 1.80. The van der Waals surface area contributed by atoms with Crippen molar-refractivity contribution in [3.05, 3.63) is 78.1 Å². The molecule has 25 heavy (non-hydrogen) atoms. The zero-order valence-corrected chi connectivity index (χ0v) is 14.0. The lowest BCUT2D eigenvalue weighted by Crippen LogP contribution is -2.38. The first-order valence-electron chi connectivity index (χ1n) is 8.29. The topological polar surface area (TPSA) is 47.4 Å². The Kier molecular flexibility index (Phi) is 3.98. The van der Waals surface area contributed by atoms with E-state index in [9.17, 15) is 4.79 Å². The summed E-state index contributed by atoms with van der Waals surface area (Å²) in [6.07, 6.45) is 3.93. The van der Waals surface area contributed by atoms with Crippen LogP contribution in [0.25, 0.3) is 5.69 Å². The molecule has 0 bridgehead atoms. The monoisotopic (exact) mass is 333 g/mol. The number of fused-ring (bicyclic) bond motifs is 1. The molecule has 0 aliphatic carbocycles. The molecule has 0 spiro atoms. The van der Waals surface area contributed by atoms with Gasteiger partial charge in [-0.3, -0.25) is 4.79 Å². The van der Waals surface area contributed by atoms with Gasteiger partial charge in [0.15, 0.2) is 6.10 Å². The Labute approximate surface area is 146 Å². The van der Waals surface area contributed by atoms with Crippen molar-refractivity contribution >= 4 is 5.91 Å². The van der Waals surface area contributed by atoms with Crippen molar-refractivity contribution in [3.8, 4) is 11.4 Å². The number of hydrogen-bond donors (Lipinski definition) is 0. The Balaban J connectivity index is 1.42. The molecule has 0 fully saturated rings. The van der Waals surface area contributed by atoms with E-state index in [1.807, 2.05) is 65.5 Å². The number of ether oxygens (including phenoxy) is 1. The second kappa shape index (κ2) is 6.43. The predicted molar refractivity (Wildman–Crippen MR) is 94.6 cm³/mol. The van der Waals surface area contributed by atoms with Crippen LogP contribution in [0.4, 0.5) is 0 Å². The van der Waals surface area contributed by atoms with E-state index in [0.717, 1.165) is 22.6 Å². The van der Waals surface area contributed by atoms with Gasteiger partial charge in [0.05, 0.1) is 11.9 Å². The van der Waals surface area contributed by atoms with Crippen molar-refractivity contribution in [2.24, 2.45) is 0 Å². The molecule has 2 heterocycles. The Morgan fingerprint density at radius 2 is 1.96 bits per heavy atom. The number of aromatic nitrogens is 2. The minimum Gasteiger partial charge on any atom is -0.480 e. The summed E-state index contributed by atoms with van der Waals surface area (Å²) in [6.45, 7) is 0.502. The van der Waals surface area contributed by atoms with Crippen molar-refractivity contribution in [1.82, 2.24) is 14.7 Å². The molecule has 1 amide bonds. The molecule has 0 unspecified atom stereocenters. The molecule has 0 N–H and O–H groups in total. The van der Waals surface area contributed by atoms with Gasteiger partial charge in [0.1, 0.15) is 5.75 Å². The van der Waals surface area contributed by atoms with Gasteiger partial charge < -0.3 is 9.64 Å². The van der Waals surface area contributed by atoms with Crippen molar-refractivity contribution in [2.45, 2.75) is 19.1 Å². The highest BCUT2D eigenvalue weighted by molar-refractivity contribution is 5.82. The van der Waals surface area contributed by atoms with Crippen LogP contribution in [-0.2, 0) is 17.8 Å². The number of para-hydroxylation sites is 2. The molecule has 2 aromatic carbocycles. The predicted octanol–water partition coefficient (Wildman–Crippen LogP) is 2.83. The maximum Gasteiger partial charge on any atom is 0.264 e. The van der Waals surface area contributed by atoms with Gasteiger partial charge in [-0.15, -0.1) is 0 Å². The number of carbonyl (C=O) groups is 1. The molecule has 0 saturated heterocycles. The quantitative estimate of drug-likeness (QED) is 0.738. The summed E-state index contributed by atoms with van der Waals surface area (Å²) in [5.41, 5.74) is 3.07. The van der Waals surface area contributed by atoms with E-state index < -0.39 is 6.10 Å². The van der Waals surface area contributed by atoms with Crippen LogP contribution >= 0.6 is 0 Å². The van der Waals surface area contributed by atoms with E-state index in [1.165, 1.54) is 0 Å². The summed E-state index contributed by atoms with van der Waals surface area (Å²) in [5.74, 6) is 0.801. The summed E-state index contributed by atoms with van der Waals surface area (Å²) >= 11 is 0. The van der Waals surface area contributed by atoms with Crippen LogP contribution in [0, 0.1) is 0 Å². The van der Waals surface area contributed by atoms with Crippen LogP contribution in [-0.4, -0.2) is 33.7 Å². The third-order valence-corrected chi connectivity index (χ3v) is 4.38. The molecule has 1 atom stereocenters. The van der Waals surface area contributed by atoms with E-state index in [-0.39, 0.29) is 5.91 Å². The minimum atomic E-state index is -0.438. The molecule has 1 aliphatic heterocycles. The molecule has 5 heteroatoms. The van der Waals surface area contributed by atoms with Crippen LogP contribution in [0.5, 0.6) is 5.75 Å². The fourth-order valence-electron chi connectivity index (χ4n) is 3.08. The van der Waals surface area contributed by atoms with Crippen LogP contribution in [0.3, 0.4) is 0 Å². The van der Waals surface area contributed by atoms with Gasteiger partial charge in [-0.25, -0.2) is 4.68 Å². The minimum absolute atomic E-state index is 0.0105. The van der Waals surface area contributed by atoms with E-state index >= 15 is 0 Å². The molecule has 3 aromatic rings. The SMILES string of the molecule is CN(Cc1cnn(-c2ccccc2)c1)C(=O)[C@@H]1Cc2ccccc2O1. The highest BCUT2D eigenvalue weighted by Crippen LogP contribution is 2.29.